The monoisotopic (exact) mass is 300 g/mol. The summed E-state index contributed by atoms with van der Waals surface area (Å²) in [5, 5.41) is 2.81. The van der Waals surface area contributed by atoms with Gasteiger partial charge in [0.2, 0.25) is 0 Å². The zero-order chi connectivity index (χ0) is 16.1. The second-order valence-corrected chi connectivity index (χ2v) is 5.08. The van der Waals surface area contributed by atoms with Crippen LogP contribution in [0.25, 0.3) is 0 Å². The van der Waals surface area contributed by atoms with Crippen LogP contribution in [0.3, 0.4) is 0 Å². The largest absolute Gasteiger partial charge is 0.495 e. The van der Waals surface area contributed by atoms with Crippen LogP contribution in [0, 0.1) is 0 Å². The lowest BCUT2D eigenvalue weighted by Gasteiger charge is -2.15. The molecule has 5 heteroatoms. The van der Waals surface area contributed by atoms with Crippen LogP contribution in [0.1, 0.15) is 24.2 Å². The molecule has 0 saturated heterocycles. The highest BCUT2D eigenvalue weighted by atomic mass is 16.5. The topological polar surface area (TPSA) is 73.6 Å². The van der Waals surface area contributed by atoms with Crippen molar-refractivity contribution in [3.63, 3.8) is 0 Å². The first-order valence-electron chi connectivity index (χ1n) is 7.02. The molecule has 116 valence electrons. The Balaban J connectivity index is 2.28. The third-order valence-electron chi connectivity index (χ3n) is 2.97. The molecule has 0 atom stereocenters. The summed E-state index contributed by atoms with van der Waals surface area (Å²) in [5.74, 6) is 0.808. The number of hydrogen-bond donors (Lipinski definition) is 2. The van der Waals surface area contributed by atoms with Crippen molar-refractivity contribution in [2.75, 3.05) is 18.2 Å². The first-order valence-corrected chi connectivity index (χ1v) is 7.02. The van der Waals surface area contributed by atoms with E-state index in [1.54, 1.807) is 36.4 Å². The number of rotatable bonds is 5. The quantitative estimate of drug-likeness (QED) is 0.831. The average Bonchev–Trinajstić information content (AvgIpc) is 2.47. The van der Waals surface area contributed by atoms with Gasteiger partial charge < -0.3 is 20.5 Å². The third kappa shape index (κ3) is 3.69. The van der Waals surface area contributed by atoms with Gasteiger partial charge in [0.05, 0.1) is 24.5 Å². The Hall–Kier alpha value is -2.69. The number of nitrogens with two attached hydrogens (primary N) is 1. The zero-order valence-electron chi connectivity index (χ0n) is 12.9. The van der Waals surface area contributed by atoms with Gasteiger partial charge in [-0.1, -0.05) is 12.1 Å². The lowest BCUT2D eigenvalue weighted by molar-refractivity contribution is 0.102. The molecule has 3 N–H and O–H groups in total. The summed E-state index contributed by atoms with van der Waals surface area (Å²) in [7, 11) is 1.54. The van der Waals surface area contributed by atoms with Crippen molar-refractivity contribution in [2.24, 2.45) is 0 Å². The van der Waals surface area contributed by atoms with Crippen LogP contribution in [0.15, 0.2) is 42.5 Å². The van der Waals surface area contributed by atoms with Gasteiger partial charge in [-0.05, 0) is 44.2 Å². The van der Waals surface area contributed by atoms with Gasteiger partial charge in [0.15, 0.2) is 0 Å². The molecule has 0 radical (unpaired) electrons. The zero-order valence-corrected chi connectivity index (χ0v) is 12.9. The fourth-order valence-corrected chi connectivity index (χ4v) is 2.02. The van der Waals surface area contributed by atoms with Crippen molar-refractivity contribution in [3.05, 3.63) is 48.0 Å². The van der Waals surface area contributed by atoms with E-state index >= 15 is 0 Å². The van der Waals surface area contributed by atoms with Crippen LogP contribution in [0.5, 0.6) is 11.5 Å². The number of hydrogen-bond acceptors (Lipinski definition) is 4. The molecule has 0 bridgehead atoms. The van der Waals surface area contributed by atoms with E-state index in [2.05, 4.69) is 5.32 Å². The van der Waals surface area contributed by atoms with E-state index in [0.717, 1.165) is 0 Å². The molecule has 0 aliphatic carbocycles. The van der Waals surface area contributed by atoms with E-state index in [1.165, 1.54) is 7.11 Å². The van der Waals surface area contributed by atoms with E-state index in [9.17, 15) is 4.79 Å². The molecule has 0 unspecified atom stereocenters. The molecule has 0 aliphatic rings. The van der Waals surface area contributed by atoms with Crippen LogP contribution in [-0.4, -0.2) is 19.1 Å². The SMILES string of the molecule is COc1ccc(N)cc1NC(=O)c1ccccc1OC(C)C. The van der Waals surface area contributed by atoms with Gasteiger partial charge in [0.1, 0.15) is 11.5 Å². The highest BCUT2D eigenvalue weighted by Crippen LogP contribution is 2.28. The van der Waals surface area contributed by atoms with Crippen molar-refractivity contribution in [1.29, 1.82) is 0 Å². The second kappa shape index (κ2) is 6.85. The Bertz CT molecular complexity index is 669. The summed E-state index contributed by atoms with van der Waals surface area (Å²) in [6, 6.07) is 12.2. The van der Waals surface area contributed by atoms with Gasteiger partial charge in [-0.15, -0.1) is 0 Å². The lowest BCUT2D eigenvalue weighted by atomic mass is 10.1. The molecule has 0 fully saturated rings. The highest BCUT2D eigenvalue weighted by molar-refractivity contribution is 6.07. The van der Waals surface area contributed by atoms with Gasteiger partial charge in [0, 0.05) is 5.69 Å². The van der Waals surface area contributed by atoms with E-state index in [0.29, 0.717) is 28.4 Å². The maximum absolute atomic E-state index is 12.5. The number of para-hydroxylation sites is 1. The van der Waals surface area contributed by atoms with Crippen molar-refractivity contribution in [3.8, 4) is 11.5 Å². The Morgan fingerprint density at radius 3 is 2.55 bits per heavy atom. The molecule has 2 aromatic carbocycles. The number of methoxy groups -OCH3 is 1. The molecule has 2 rings (SSSR count). The van der Waals surface area contributed by atoms with Crippen molar-refractivity contribution in [2.45, 2.75) is 20.0 Å². The number of nitrogens with one attached hydrogen (secondary N) is 1. The average molecular weight is 300 g/mol. The minimum absolute atomic E-state index is 0.0177. The second-order valence-electron chi connectivity index (χ2n) is 5.08. The van der Waals surface area contributed by atoms with Crippen LogP contribution in [0.2, 0.25) is 0 Å². The Kier molecular flexibility index (Phi) is 4.88. The molecule has 0 spiro atoms. The normalized spacial score (nSPS) is 10.4. The van der Waals surface area contributed by atoms with Gasteiger partial charge in [-0.2, -0.15) is 0 Å². The molecular formula is C17H20N2O3. The molecule has 0 aromatic heterocycles. The standard InChI is InChI=1S/C17H20N2O3/c1-11(2)22-15-7-5-4-6-13(15)17(20)19-14-10-12(18)8-9-16(14)21-3/h4-11H,18H2,1-3H3,(H,19,20). The van der Waals surface area contributed by atoms with E-state index < -0.39 is 0 Å². The molecule has 0 aliphatic heterocycles. The van der Waals surface area contributed by atoms with Crippen LogP contribution in [-0.2, 0) is 0 Å². The number of anilines is 2. The summed E-state index contributed by atoms with van der Waals surface area (Å²) < 4.78 is 10.9. The lowest BCUT2D eigenvalue weighted by Crippen LogP contribution is -2.16. The summed E-state index contributed by atoms with van der Waals surface area (Å²) >= 11 is 0. The van der Waals surface area contributed by atoms with Crippen molar-refractivity contribution < 1.29 is 14.3 Å². The summed E-state index contributed by atoms with van der Waals surface area (Å²) in [5.41, 5.74) is 7.28. The van der Waals surface area contributed by atoms with Gasteiger partial charge in [0.25, 0.3) is 5.91 Å². The molecule has 0 saturated carbocycles. The third-order valence-corrected chi connectivity index (χ3v) is 2.97. The molecule has 1 amide bonds. The number of nitrogen functional groups attached to an aromatic ring is 1. The predicted octanol–water partition coefficient (Wildman–Crippen LogP) is 3.32. The van der Waals surface area contributed by atoms with E-state index in [1.807, 2.05) is 19.9 Å². The minimum atomic E-state index is -0.278. The Morgan fingerprint density at radius 2 is 1.86 bits per heavy atom. The van der Waals surface area contributed by atoms with E-state index in [-0.39, 0.29) is 12.0 Å². The summed E-state index contributed by atoms with van der Waals surface area (Å²) in [6.07, 6.45) is -0.0177. The maximum atomic E-state index is 12.5. The minimum Gasteiger partial charge on any atom is -0.495 e. The molecular weight excluding hydrogens is 280 g/mol. The Morgan fingerprint density at radius 1 is 1.14 bits per heavy atom. The molecule has 22 heavy (non-hydrogen) atoms. The maximum Gasteiger partial charge on any atom is 0.259 e. The Labute approximate surface area is 130 Å². The van der Waals surface area contributed by atoms with Crippen LogP contribution < -0.4 is 20.5 Å². The first kappa shape index (κ1) is 15.7. The molecule has 2 aromatic rings. The number of benzene rings is 2. The van der Waals surface area contributed by atoms with Crippen molar-refractivity contribution >= 4 is 17.3 Å². The molecule has 5 nitrogen and oxygen atoms in total. The van der Waals surface area contributed by atoms with Crippen LogP contribution >= 0.6 is 0 Å². The van der Waals surface area contributed by atoms with Gasteiger partial charge in [-0.3, -0.25) is 4.79 Å². The number of amides is 1. The van der Waals surface area contributed by atoms with Gasteiger partial charge in [-0.25, -0.2) is 0 Å². The highest BCUT2D eigenvalue weighted by Gasteiger charge is 2.15. The van der Waals surface area contributed by atoms with Crippen LogP contribution in [0.4, 0.5) is 11.4 Å². The summed E-state index contributed by atoms with van der Waals surface area (Å²) in [6.45, 7) is 3.82. The first-order chi connectivity index (χ1) is 10.5. The smallest absolute Gasteiger partial charge is 0.259 e. The molecule has 0 heterocycles. The fourth-order valence-electron chi connectivity index (χ4n) is 2.02. The predicted molar refractivity (Wildman–Crippen MR) is 87.6 cm³/mol. The number of carbonyl (C=O) groups excluding carboxylic acids is 1. The number of carbonyl (C=O) groups is 1. The fraction of sp³-hybridized carbons (Fsp3) is 0.235. The summed E-state index contributed by atoms with van der Waals surface area (Å²) in [4.78, 5) is 12.5. The van der Waals surface area contributed by atoms with E-state index in [4.69, 9.17) is 15.2 Å². The van der Waals surface area contributed by atoms with Crippen molar-refractivity contribution in [1.82, 2.24) is 0 Å². The number of ether oxygens (including phenoxy) is 2. The van der Waals surface area contributed by atoms with Gasteiger partial charge >= 0.3 is 0 Å².